The highest BCUT2D eigenvalue weighted by Gasteiger charge is 2.45. The highest BCUT2D eigenvalue weighted by atomic mass is 32.2. The summed E-state index contributed by atoms with van der Waals surface area (Å²) >= 11 is 0. The smallest absolute Gasteiger partial charge is 0.425 e. The summed E-state index contributed by atoms with van der Waals surface area (Å²) in [6.45, 7) is 10.4. The van der Waals surface area contributed by atoms with Crippen LogP contribution in [0.3, 0.4) is 0 Å². The van der Waals surface area contributed by atoms with E-state index in [1.807, 2.05) is 37.5 Å². The molecular formula is C28H36N2O12S3. The normalized spacial score (nSPS) is 13.0. The van der Waals surface area contributed by atoms with Gasteiger partial charge in [-0.15, -0.1) is 25.3 Å². The molecule has 0 aliphatic carbocycles. The first-order chi connectivity index (χ1) is 20.8. The molecule has 3 rings (SSSR count). The Balaban J connectivity index is 0.00000113. The third-order valence-corrected chi connectivity index (χ3v) is 7.80. The Labute approximate surface area is 265 Å². The molecule has 248 valence electrons. The Hall–Kier alpha value is -3.67. The van der Waals surface area contributed by atoms with E-state index in [9.17, 15) is 22.6 Å². The summed E-state index contributed by atoms with van der Waals surface area (Å²) in [4.78, 5) is 29.9. The Kier molecular flexibility index (Phi) is 15.0. The number of aromatic nitrogens is 1. The van der Waals surface area contributed by atoms with Crippen LogP contribution in [0, 0.1) is 0 Å². The number of hydrogen-bond acceptors (Lipinski definition) is 13. The van der Waals surface area contributed by atoms with Crippen LogP contribution in [0.25, 0.3) is 11.1 Å². The Morgan fingerprint density at radius 3 is 1.73 bits per heavy atom. The van der Waals surface area contributed by atoms with E-state index in [1.54, 1.807) is 19.2 Å². The summed E-state index contributed by atoms with van der Waals surface area (Å²) in [6, 6.07) is 7.36. The number of Topliss-reactive ketones (excluding diaryl/α,β-unsaturated/α-hetero) is 2. The largest absolute Gasteiger partial charge is 0.748 e. The van der Waals surface area contributed by atoms with E-state index in [1.165, 1.54) is 0 Å². The van der Waals surface area contributed by atoms with Crippen LogP contribution in [0.5, 0.6) is 5.75 Å². The number of carbonyl (C=O) groups excluding carboxylic acids is 2. The van der Waals surface area contributed by atoms with Gasteiger partial charge < -0.3 is 9.29 Å². The van der Waals surface area contributed by atoms with Gasteiger partial charge in [0.1, 0.15) is 17.9 Å². The van der Waals surface area contributed by atoms with Crippen LogP contribution in [-0.2, 0) is 36.8 Å². The van der Waals surface area contributed by atoms with Crippen LogP contribution in [0.2, 0.25) is 0 Å². The Morgan fingerprint density at radius 1 is 0.889 bits per heavy atom. The molecule has 17 heteroatoms. The first-order valence-corrected chi connectivity index (χ1v) is 17.3. The van der Waals surface area contributed by atoms with Crippen molar-refractivity contribution in [1.29, 1.82) is 0 Å². The highest BCUT2D eigenvalue weighted by Crippen LogP contribution is 2.47. The van der Waals surface area contributed by atoms with Crippen molar-refractivity contribution in [3.05, 3.63) is 41.2 Å². The third kappa shape index (κ3) is 11.6. The van der Waals surface area contributed by atoms with Crippen LogP contribution in [0.4, 0.5) is 5.69 Å². The average molecular weight is 689 g/mol. The fourth-order valence-electron chi connectivity index (χ4n) is 4.76. The number of fused-ring (bicyclic) bond motifs is 1. The van der Waals surface area contributed by atoms with Crippen LogP contribution in [-0.4, -0.2) is 84.5 Å². The lowest BCUT2D eigenvalue weighted by molar-refractivity contribution is -0.439. The second-order valence-electron chi connectivity index (χ2n) is 10.4. The van der Waals surface area contributed by atoms with Crippen LogP contribution >= 0.6 is 0 Å². The van der Waals surface area contributed by atoms with Gasteiger partial charge >= 0.3 is 21.2 Å². The van der Waals surface area contributed by atoms with E-state index in [4.69, 9.17) is 30.0 Å². The lowest BCUT2D eigenvalue weighted by Crippen LogP contribution is -2.27. The Bertz CT molecular complexity index is 1720. The summed E-state index contributed by atoms with van der Waals surface area (Å²) < 4.78 is 91.9. The van der Waals surface area contributed by atoms with Crippen molar-refractivity contribution < 1.29 is 57.1 Å². The molecule has 2 aromatic rings. The van der Waals surface area contributed by atoms with Crippen LogP contribution in [0.1, 0.15) is 93.3 Å². The molecule has 0 radical (unpaired) electrons. The molecule has 0 unspecified atom stereocenters. The molecule has 0 atom stereocenters. The van der Waals surface area contributed by atoms with Crippen molar-refractivity contribution in [1.82, 2.24) is 4.98 Å². The lowest BCUT2D eigenvalue weighted by Gasteiger charge is -2.17. The number of hydrogen-bond donors (Lipinski definition) is 0. The van der Waals surface area contributed by atoms with Crippen molar-refractivity contribution in [3.63, 3.8) is 0 Å². The molecule has 1 aliphatic rings. The number of ether oxygens (including phenoxy) is 1. The number of rotatable bonds is 12. The van der Waals surface area contributed by atoms with Gasteiger partial charge in [-0.05, 0) is 62.1 Å². The second kappa shape index (κ2) is 17.1. The summed E-state index contributed by atoms with van der Waals surface area (Å²) in [5.41, 5.74) is 4.47. The average Bonchev–Trinajstić information content (AvgIpc) is 3.11. The predicted octanol–water partition coefficient (Wildman–Crippen LogP) is 3.05. The molecule has 0 bridgehead atoms. The lowest BCUT2D eigenvalue weighted by atomic mass is 9.81. The van der Waals surface area contributed by atoms with Crippen molar-refractivity contribution >= 4 is 54.3 Å². The molecule has 1 aromatic heterocycles. The van der Waals surface area contributed by atoms with Crippen molar-refractivity contribution in [3.8, 4) is 16.9 Å². The Morgan fingerprint density at radius 2 is 1.33 bits per heavy atom. The van der Waals surface area contributed by atoms with E-state index in [0.29, 0.717) is 43.5 Å². The monoisotopic (exact) mass is 688 g/mol. The van der Waals surface area contributed by atoms with Gasteiger partial charge in [0, 0.05) is 37.5 Å². The molecule has 1 aromatic carbocycles. The zero-order chi connectivity index (χ0) is 34.7. The fourth-order valence-corrected chi connectivity index (χ4v) is 5.24. The summed E-state index contributed by atoms with van der Waals surface area (Å²) in [5, 5.41) is 0. The highest BCUT2D eigenvalue weighted by molar-refractivity contribution is 7.85. The van der Waals surface area contributed by atoms with Crippen molar-refractivity contribution in [2.45, 2.75) is 72.1 Å². The number of methoxy groups -OCH3 is 1. The summed E-state index contributed by atoms with van der Waals surface area (Å²) in [6.07, 6.45) is 2.26. The molecule has 0 saturated carbocycles. The van der Waals surface area contributed by atoms with E-state index in [2.05, 4.69) is 18.8 Å². The van der Waals surface area contributed by atoms with Gasteiger partial charge in [0.05, 0.1) is 22.6 Å². The maximum atomic E-state index is 12.8. The molecule has 14 nitrogen and oxygen atoms in total. The van der Waals surface area contributed by atoms with Crippen molar-refractivity contribution in [2.75, 3.05) is 19.4 Å². The third-order valence-electron chi connectivity index (χ3n) is 7.01. The topological polar surface area (TPSA) is 219 Å². The van der Waals surface area contributed by atoms with Crippen LogP contribution < -0.4 is 4.74 Å². The number of nitrogens with zero attached hydrogens (tertiary/aromatic N) is 2. The first-order valence-electron chi connectivity index (χ1n) is 13.7. The van der Waals surface area contributed by atoms with Gasteiger partial charge in [-0.1, -0.05) is 13.8 Å². The molecule has 0 spiro atoms. The molecule has 0 fully saturated rings. The molecule has 2 heterocycles. The number of pyridine rings is 1. The predicted molar refractivity (Wildman–Crippen MR) is 162 cm³/mol. The first kappa shape index (κ1) is 39.4. The van der Waals surface area contributed by atoms with Gasteiger partial charge in [-0.3, -0.25) is 9.59 Å². The van der Waals surface area contributed by atoms with E-state index < -0.39 is 42.5 Å². The number of carbonyl (C=O) groups is 2. The minimum absolute atomic E-state index is 0.105. The quantitative estimate of drug-likeness (QED) is 0.178. The fraction of sp³-hybridized carbons (Fsp3) is 0.500. The summed E-state index contributed by atoms with van der Waals surface area (Å²) in [7, 11) is -8.96. The number of benzene rings is 1. The maximum absolute atomic E-state index is 12.8. The minimum Gasteiger partial charge on any atom is -0.748 e. The standard InChI is InChI=1S/C28H36N2O6S.2O3S/c1-7-10-24(31)22-15-20(16-23(29-22)25(32)11-8-2)19-14-21-27(26(17-19)36-6)30(18(3)28(21,4)5)12-9-13-37(33,34)35;2*1-4(2)3/h14-17H,7-13H2,1-6H3;;. The maximum Gasteiger partial charge on any atom is 0.425 e. The van der Waals surface area contributed by atoms with Gasteiger partial charge in [0.15, 0.2) is 23.0 Å². The number of ketones is 2. The van der Waals surface area contributed by atoms with Gasteiger partial charge in [-0.25, -0.2) is 13.4 Å². The molecular weight excluding hydrogens is 653 g/mol. The summed E-state index contributed by atoms with van der Waals surface area (Å²) in [5.74, 6) is -0.0613. The molecule has 45 heavy (non-hydrogen) atoms. The minimum atomic E-state index is -4.31. The molecule has 1 aliphatic heterocycles. The molecule has 0 amide bonds. The zero-order valence-electron chi connectivity index (χ0n) is 25.8. The second-order valence-corrected chi connectivity index (χ2v) is 12.8. The molecule has 0 saturated heterocycles. The van der Waals surface area contributed by atoms with E-state index in [-0.39, 0.29) is 29.4 Å². The van der Waals surface area contributed by atoms with Gasteiger partial charge in [-0.2, -0.15) is 4.58 Å². The van der Waals surface area contributed by atoms with Gasteiger partial charge in [0.25, 0.3) is 5.69 Å². The van der Waals surface area contributed by atoms with E-state index >= 15 is 0 Å². The van der Waals surface area contributed by atoms with E-state index in [0.717, 1.165) is 22.5 Å². The SMILES string of the molecule is CCCC(=O)c1cc(-c2cc(OC)c3c(c2)C(C)(C)C(C)=[N+]3CCCS(=O)(=O)[O-])cc(C(=O)CCC)n1.O=S(=O)=O.O=S(=O)=O. The van der Waals surface area contributed by atoms with Crippen molar-refractivity contribution in [2.24, 2.45) is 0 Å². The molecule has 0 N–H and O–H groups in total. The van der Waals surface area contributed by atoms with Gasteiger partial charge in [0.2, 0.25) is 0 Å². The zero-order valence-corrected chi connectivity index (χ0v) is 28.2. The van der Waals surface area contributed by atoms with Crippen LogP contribution in [0.15, 0.2) is 24.3 Å².